The van der Waals surface area contributed by atoms with Crippen molar-refractivity contribution < 1.29 is 14.7 Å². The van der Waals surface area contributed by atoms with Gasteiger partial charge in [-0.25, -0.2) is 4.79 Å². The van der Waals surface area contributed by atoms with Crippen LogP contribution in [0.25, 0.3) is 0 Å². The van der Waals surface area contributed by atoms with Crippen LogP contribution in [-0.4, -0.2) is 39.6 Å². The molecule has 3 rings (SSSR count). The summed E-state index contributed by atoms with van der Waals surface area (Å²) in [5, 5.41) is 12.2. The highest BCUT2D eigenvalue weighted by Crippen LogP contribution is 2.48. The number of hydrogen-bond acceptors (Lipinski definition) is 3. The molecule has 1 aliphatic heterocycles. The molecule has 1 aliphatic carbocycles. The number of aliphatic carboxylic acids is 1. The van der Waals surface area contributed by atoms with Gasteiger partial charge in [-0.2, -0.15) is 0 Å². The topological polar surface area (TPSA) is 82.5 Å². The molecular formula is C18H25N3O3. The van der Waals surface area contributed by atoms with E-state index >= 15 is 0 Å². The quantitative estimate of drug-likeness (QED) is 0.892. The van der Waals surface area contributed by atoms with Gasteiger partial charge in [-0.05, 0) is 43.4 Å². The molecule has 0 bridgehead atoms. The van der Waals surface area contributed by atoms with Gasteiger partial charge in [0.25, 0.3) is 0 Å². The van der Waals surface area contributed by atoms with E-state index in [0.717, 1.165) is 24.9 Å². The zero-order valence-corrected chi connectivity index (χ0v) is 14.2. The van der Waals surface area contributed by atoms with Crippen molar-refractivity contribution in [2.75, 3.05) is 6.54 Å². The first-order chi connectivity index (χ1) is 11.4. The van der Waals surface area contributed by atoms with Crippen molar-refractivity contribution in [2.24, 2.45) is 11.3 Å². The van der Waals surface area contributed by atoms with Gasteiger partial charge in [-0.1, -0.05) is 13.8 Å². The van der Waals surface area contributed by atoms with Crippen LogP contribution in [0.2, 0.25) is 0 Å². The summed E-state index contributed by atoms with van der Waals surface area (Å²) in [6, 6.07) is 4.01. The Bertz CT molecular complexity index is 609. The van der Waals surface area contributed by atoms with E-state index in [1.54, 1.807) is 12.4 Å². The van der Waals surface area contributed by atoms with Crippen molar-refractivity contribution >= 4 is 12.0 Å². The van der Waals surface area contributed by atoms with Gasteiger partial charge in [0, 0.05) is 30.4 Å². The lowest BCUT2D eigenvalue weighted by atomic mass is 9.72. The van der Waals surface area contributed by atoms with E-state index < -0.39 is 5.97 Å². The second-order valence-corrected chi connectivity index (χ2v) is 7.64. The number of carbonyl (C=O) groups is 2. The van der Waals surface area contributed by atoms with E-state index in [2.05, 4.69) is 24.1 Å². The number of hydrogen-bond donors (Lipinski definition) is 2. The minimum absolute atomic E-state index is 0.0413. The van der Waals surface area contributed by atoms with Gasteiger partial charge in [0.15, 0.2) is 0 Å². The molecule has 1 saturated heterocycles. The molecule has 2 aliphatic rings. The summed E-state index contributed by atoms with van der Waals surface area (Å²) in [5.41, 5.74) is 1.14. The smallest absolute Gasteiger partial charge is 0.318 e. The Morgan fingerprint density at radius 3 is 2.38 bits per heavy atom. The number of likely N-dealkylation sites (tertiary alicyclic amines) is 1. The number of urea groups is 1. The number of carbonyl (C=O) groups excluding carboxylic acids is 1. The van der Waals surface area contributed by atoms with E-state index in [0.29, 0.717) is 12.8 Å². The van der Waals surface area contributed by atoms with Gasteiger partial charge in [-0.15, -0.1) is 0 Å². The summed E-state index contributed by atoms with van der Waals surface area (Å²) >= 11 is 0. The van der Waals surface area contributed by atoms with Gasteiger partial charge < -0.3 is 15.3 Å². The van der Waals surface area contributed by atoms with Gasteiger partial charge in [-0.3, -0.25) is 9.78 Å². The highest BCUT2D eigenvalue weighted by Gasteiger charge is 2.49. The number of carboxylic acid groups (broad SMARTS) is 1. The van der Waals surface area contributed by atoms with Gasteiger partial charge >= 0.3 is 12.0 Å². The highest BCUT2D eigenvalue weighted by molar-refractivity contribution is 5.76. The lowest BCUT2D eigenvalue weighted by molar-refractivity contribution is -0.142. The highest BCUT2D eigenvalue weighted by atomic mass is 16.4. The number of aromatic nitrogens is 1. The molecule has 2 amide bonds. The maximum Gasteiger partial charge on any atom is 0.318 e. The first kappa shape index (κ1) is 16.7. The summed E-state index contributed by atoms with van der Waals surface area (Å²) in [6.07, 6.45) is 6.26. The van der Waals surface area contributed by atoms with Crippen LogP contribution in [-0.2, 0) is 4.79 Å². The third-order valence-corrected chi connectivity index (χ3v) is 5.32. The van der Waals surface area contributed by atoms with Crippen LogP contribution in [0.1, 0.15) is 51.1 Å². The molecule has 24 heavy (non-hydrogen) atoms. The molecular weight excluding hydrogens is 306 g/mol. The van der Waals surface area contributed by atoms with Crippen molar-refractivity contribution in [1.29, 1.82) is 0 Å². The Morgan fingerprint density at radius 2 is 1.83 bits per heavy atom. The van der Waals surface area contributed by atoms with Crippen molar-refractivity contribution in [3.63, 3.8) is 0 Å². The molecule has 2 heterocycles. The minimum atomic E-state index is -0.720. The Hall–Kier alpha value is -2.11. The van der Waals surface area contributed by atoms with E-state index in [1.807, 2.05) is 17.0 Å². The first-order valence-electron chi connectivity index (χ1n) is 8.58. The monoisotopic (exact) mass is 331 g/mol. The van der Waals surface area contributed by atoms with Gasteiger partial charge in [0.05, 0.1) is 12.0 Å². The average Bonchev–Trinajstić information content (AvgIpc) is 2.54. The molecule has 1 aromatic heterocycles. The number of carboxylic acids is 1. The molecule has 0 aromatic carbocycles. The van der Waals surface area contributed by atoms with Crippen molar-refractivity contribution in [2.45, 2.75) is 51.6 Å². The minimum Gasteiger partial charge on any atom is -0.481 e. The zero-order chi connectivity index (χ0) is 17.3. The average molecular weight is 331 g/mol. The second-order valence-electron chi connectivity index (χ2n) is 7.64. The fraction of sp³-hybridized carbons (Fsp3) is 0.611. The Labute approximate surface area is 142 Å². The molecule has 2 N–H and O–H groups in total. The number of nitrogens with zero attached hydrogens (tertiary/aromatic N) is 2. The van der Waals surface area contributed by atoms with Crippen LogP contribution in [0.5, 0.6) is 0 Å². The molecule has 6 heteroatoms. The van der Waals surface area contributed by atoms with Crippen LogP contribution >= 0.6 is 0 Å². The molecule has 0 radical (unpaired) electrons. The standard InChI is InChI=1S/C18H25N3O3/c1-18(2)11-21(15(18)12-7-9-19-10-8-12)17(24)20-14-5-3-13(4-6-14)16(22)23/h7-10,13-15H,3-6,11H2,1-2H3,(H,20,24)(H,22,23). The van der Waals surface area contributed by atoms with Crippen molar-refractivity contribution in [3.8, 4) is 0 Å². The Morgan fingerprint density at radius 1 is 1.21 bits per heavy atom. The van der Waals surface area contributed by atoms with Crippen LogP contribution < -0.4 is 5.32 Å². The summed E-state index contributed by atoms with van der Waals surface area (Å²) in [7, 11) is 0. The lowest BCUT2D eigenvalue weighted by Gasteiger charge is -2.54. The molecule has 0 spiro atoms. The normalized spacial score (nSPS) is 28.8. The SMILES string of the molecule is CC1(C)CN(C(=O)NC2CCC(C(=O)O)CC2)C1c1ccncc1. The molecule has 1 unspecified atom stereocenters. The van der Waals surface area contributed by atoms with Crippen LogP contribution in [0, 0.1) is 11.3 Å². The third kappa shape index (κ3) is 3.23. The number of nitrogens with one attached hydrogen (secondary N) is 1. The predicted octanol–water partition coefficient (Wildman–Crippen LogP) is 2.82. The Balaban J connectivity index is 1.60. The molecule has 1 aromatic rings. The fourth-order valence-corrected chi connectivity index (χ4v) is 4.03. The van der Waals surface area contributed by atoms with Crippen LogP contribution in [0.15, 0.2) is 24.5 Å². The van der Waals surface area contributed by atoms with Crippen molar-refractivity contribution in [1.82, 2.24) is 15.2 Å². The maximum atomic E-state index is 12.7. The lowest BCUT2D eigenvalue weighted by Crippen LogP contribution is -2.61. The van der Waals surface area contributed by atoms with Crippen LogP contribution in [0.3, 0.4) is 0 Å². The van der Waals surface area contributed by atoms with Crippen molar-refractivity contribution in [3.05, 3.63) is 30.1 Å². The summed E-state index contributed by atoms with van der Waals surface area (Å²) < 4.78 is 0. The van der Waals surface area contributed by atoms with Crippen LogP contribution in [0.4, 0.5) is 4.79 Å². The second kappa shape index (κ2) is 6.42. The van der Waals surface area contributed by atoms with Gasteiger partial charge in [0.2, 0.25) is 0 Å². The van der Waals surface area contributed by atoms with E-state index in [4.69, 9.17) is 5.11 Å². The number of pyridine rings is 1. The largest absolute Gasteiger partial charge is 0.481 e. The summed E-state index contributed by atoms with van der Waals surface area (Å²) in [6.45, 7) is 5.05. The number of amides is 2. The fourth-order valence-electron chi connectivity index (χ4n) is 4.03. The molecule has 1 atom stereocenters. The summed E-state index contributed by atoms with van der Waals surface area (Å²) in [5.74, 6) is -0.979. The molecule has 2 fully saturated rings. The van der Waals surface area contributed by atoms with E-state index in [9.17, 15) is 9.59 Å². The summed E-state index contributed by atoms with van der Waals surface area (Å²) in [4.78, 5) is 29.6. The third-order valence-electron chi connectivity index (χ3n) is 5.32. The van der Waals surface area contributed by atoms with E-state index in [1.165, 1.54) is 0 Å². The Kier molecular flexibility index (Phi) is 4.47. The first-order valence-corrected chi connectivity index (χ1v) is 8.58. The van der Waals surface area contributed by atoms with E-state index in [-0.39, 0.29) is 29.4 Å². The molecule has 130 valence electrons. The number of rotatable bonds is 3. The zero-order valence-electron chi connectivity index (χ0n) is 14.2. The van der Waals surface area contributed by atoms with Gasteiger partial charge in [0.1, 0.15) is 0 Å². The maximum absolute atomic E-state index is 12.7. The molecule has 1 saturated carbocycles. The molecule has 6 nitrogen and oxygen atoms in total. The predicted molar refractivity (Wildman–Crippen MR) is 89.4 cm³/mol.